The molecule has 1 unspecified atom stereocenters. The van der Waals surface area contributed by atoms with Gasteiger partial charge in [0.1, 0.15) is 11.5 Å². The minimum atomic E-state index is 0.174. The molecule has 0 bridgehead atoms. The quantitative estimate of drug-likeness (QED) is 0.817. The monoisotopic (exact) mass is 353 g/mol. The van der Waals surface area contributed by atoms with Crippen molar-refractivity contribution >= 4 is 15.9 Å². The van der Waals surface area contributed by atoms with Crippen LogP contribution in [-0.4, -0.2) is 16.3 Å². The van der Waals surface area contributed by atoms with E-state index in [9.17, 15) is 0 Å². The van der Waals surface area contributed by atoms with Gasteiger partial charge in [0.2, 0.25) is 0 Å². The van der Waals surface area contributed by atoms with Crippen molar-refractivity contribution in [2.75, 3.05) is 6.54 Å². The van der Waals surface area contributed by atoms with Crippen LogP contribution in [0.2, 0.25) is 0 Å². The lowest BCUT2D eigenvalue weighted by molar-refractivity contribution is 0.390. The molecule has 2 aromatic rings. The first-order valence-corrected chi connectivity index (χ1v) is 8.43. The maximum absolute atomic E-state index is 5.93. The predicted octanol–water partition coefficient (Wildman–Crippen LogP) is 4.02. The average Bonchev–Trinajstić information content (AvgIpc) is 3.06. The Morgan fingerprint density at radius 3 is 2.67 bits per heavy atom. The third-order valence-electron chi connectivity index (χ3n) is 3.68. The molecule has 116 valence electrons. The summed E-state index contributed by atoms with van der Waals surface area (Å²) in [6, 6.07) is 4.32. The van der Waals surface area contributed by atoms with Crippen LogP contribution >= 0.6 is 15.9 Å². The molecule has 2 heterocycles. The summed E-state index contributed by atoms with van der Waals surface area (Å²) >= 11 is 3.67. The molecule has 0 amide bonds. The number of furan rings is 1. The van der Waals surface area contributed by atoms with Crippen LogP contribution in [0.15, 0.2) is 21.0 Å². The summed E-state index contributed by atoms with van der Waals surface area (Å²) in [5.74, 6) is 2.04. The number of hydrogen-bond acceptors (Lipinski definition) is 3. The van der Waals surface area contributed by atoms with Gasteiger partial charge in [-0.15, -0.1) is 0 Å². The fourth-order valence-corrected chi connectivity index (χ4v) is 2.99. The molecule has 21 heavy (non-hydrogen) atoms. The molecule has 0 aromatic carbocycles. The lowest BCUT2D eigenvalue weighted by Gasteiger charge is -2.16. The van der Waals surface area contributed by atoms with E-state index in [4.69, 9.17) is 4.42 Å². The van der Waals surface area contributed by atoms with Crippen LogP contribution in [0.5, 0.6) is 0 Å². The number of aryl methyl sites for hydroxylation is 3. The molecule has 1 atom stereocenters. The van der Waals surface area contributed by atoms with Gasteiger partial charge in [-0.1, -0.05) is 13.8 Å². The molecular formula is C16H24BrN3O. The third kappa shape index (κ3) is 3.58. The first-order chi connectivity index (χ1) is 10.1. The standard InChI is InChI=1S/C16H24BrN3O/c1-5-12-8-9-15(21-12)13(18-6-2)10-14-16(17)11(4)19-20(14)7-3/h8-9,13,18H,5-7,10H2,1-4H3. The number of rotatable bonds is 7. The zero-order valence-electron chi connectivity index (χ0n) is 13.2. The summed E-state index contributed by atoms with van der Waals surface area (Å²) in [5.41, 5.74) is 2.26. The molecule has 2 aromatic heterocycles. The van der Waals surface area contributed by atoms with E-state index in [1.165, 1.54) is 5.69 Å². The van der Waals surface area contributed by atoms with Gasteiger partial charge in [0, 0.05) is 19.4 Å². The molecule has 1 N–H and O–H groups in total. The van der Waals surface area contributed by atoms with Crippen molar-refractivity contribution in [1.82, 2.24) is 15.1 Å². The molecule has 0 aliphatic heterocycles. The summed E-state index contributed by atoms with van der Waals surface area (Å²) in [6.45, 7) is 10.2. The van der Waals surface area contributed by atoms with Gasteiger partial charge in [0.15, 0.2) is 0 Å². The van der Waals surface area contributed by atoms with Gasteiger partial charge in [-0.25, -0.2) is 0 Å². The fourth-order valence-electron chi connectivity index (χ4n) is 2.55. The molecule has 0 radical (unpaired) electrons. The second-order valence-electron chi connectivity index (χ2n) is 5.13. The smallest absolute Gasteiger partial charge is 0.121 e. The van der Waals surface area contributed by atoms with Gasteiger partial charge >= 0.3 is 0 Å². The Balaban J connectivity index is 2.27. The molecule has 0 fully saturated rings. The van der Waals surface area contributed by atoms with Crippen LogP contribution in [0, 0.1) is 6.92 Å². The third-order valence-corrected chi connectivity index (χ3v) is 4.71. The topological polar surface area (TPSA) is 43.0 Å². The van der Waals surface area contributed by atoms with Gasteiger partial charge in [-0.2, -0.15) is 5.10 Å². The van der Waals surface area contributed by atoms with E-state index < -0.39 is 0 Å². The molecule has 0 aliphatic rings. The molecule has 2 rings (SSSR count). The van der Waals surface area contributed by atoms with Crippen molar-refractivity contribution in [2.24, 2.45) is 0 Å². The van der Waals surface area contributed by atoms with Crippen LogP contribution in [0.3, 0.4) is 0 Å². The molecule has 5 heteroatoms. The first kappa shape index (κ1) is 16.3. The second-order valence-corrected chi connectivity index (χ2v) is 5.93. The van der Waals surface area contributed by atoms with Gasteiger partial charge in [0.25, 0.3) is 0 Å². The Morgan fingerprint density at radius 2 is 2.10 bits per heavy atom. The van der Waals surface area contributed by atoms with Crippen LogP contribution in [-0.2, 0) is 19.4 Å². The van der Waals surface area contributed by atoms with E-state index in [1.54, 1.807) is 0 Å². The number of hydrogen-bond donors (Lipinski definition) is 1. The highest BCUT2D eigenvalue weighted by Crippen LogP contribution is 2.27. The summed E-state index contributed by atoms with van der Waals surface area (Å²) in [5, 5.41) is 8.09. The van der Waals surface area contributed by atoms with Crippen molar-refractivity contribution in [2.45, 2.75) is 53.1 Å². The second kappa shape index (κ2) is 7.27. The molecule has 0 saturated heterocycles. The Bertz CT molecular complexity index is 588. The Labute approximate surface area is 135 Å². The summed E-state index contributed by atoms with van der Waals surface area (Å²) in [4.78, 5) is 0. The minimum absolute atomic E-state index is 0.174. The summed E-state index contributed by atoms with van der Waals surface area (Å²) in [7, 11) is 0. The minimum Gasteiger partial charge on any atom is -0.464 e. The SMILES string of the molecule is CCNC(Cc1c(Br)c(C)nn1CC)c1ccc(CC)o1. The Hall–Kier alpha value is -1.07. The van der Waals surface area contributed by atoms with Crippen LogP contribution in [0.25, 0.3) is 0 Å². The van der Waals surface area contributed by atoms with E-state index in [2.05, 4.69) is 63.9 Å². The normalized spacial score (nSPS) is 12.8. The number of aromatic nitrogens is 2. The number of halogens is 1. The van der Waals surface area contributed by atoms with Crippen LogP contribution < -0.4 is 5.32 Å². The van der Waals surface area contributed by atoms with Crippen LogP contribution in [0.4, 0.5) is 0 Å². The predicted molar refractivity (Wildman–Crippen MR) is 88.5 cm³/mol. The molecule has 4 nitrogen and oxygen atoms in total. The van der Waals surface area contributed by atoms with E-state index in [1.807, 2.05) is 6.92 Å². The maximum Gasteiger partial charge on any atom is 0.121 e. The van der Waals surface area contributed by atoms with Gasteiger partial charge in [0.05, 0.1) is 21.9 Å². The lowest BCUT2D eigenvalue weighted by Crippen LogP contribution is -2.24. The van der Waals surface area contributed by atoms with Gasteiger partial charge in [-0.05, 0) is 48.5 Å². The zero-order chi connectivity index (χ0) is 15.4. The average molecular weight is 354 g/mol. The number of likely N-dealkylation sites (N-methyl/N-ethyl adjacent to an activating group) is 1. The fraction of sp³-hybridized carbons (Fsp3) is 0.562. The molecular weight excluding hydrogens is 330 g/mol. The highest BCUT2D eigenvalue weighted by atomic mass is 79.9. The van der Waals surface area contributed by atoms with Crippen LogP contribution in [0.1, 0.15) is 49.7 Å². The van der Waals surface area contributed by atoms with E-state index in [0.29, 0.717) is 0 Å². The molecule has 0 spiro atoms. The Morgan fingerprint density at radius 1 is 1.33 bits per heavy atom. The highest BCUT2D eigenvalue weighted by Gasteiger charge is 2.20. The molecule has 0 saturated carbocycles. The van der Waals surface area contributed by atoms with Crippen molar-refractivity contribution in [3.8, 4) is 0 Å². The highest BCUT2D eigenvalue weighted by molar-refractivity contribution is 9.10. The van der Waals surface area contributed by atoms with Crippen molar-refractivity contribution in [3.63, 3.8) is 0 Å². The summed E-state index contributed by atoms with van der Waals surface area (Å²) in [6.07, 6.45) is 1.79. The van der Waals surface area contributed by atoms with E-state index in [-0.39, 0.29) is 6.04 Å². The summed E-state index contributed by atoms with van der Waals surface area (Å²) < 4.78 is 9.10. The van der Waals surface area contributed by atoms with Crippen molar-refractivity contribution < 1.29 is 4.42 Å². The zero-order valence-corrected chi connectivity index (χ0v) is 14.8. The Kier molecular flexibility index (Phi) is 5.65. The van der Waals surface area contributed by atoms with Crippen molar-refractivity contribution in [3.05, 3.63) is 39.5 Å². The largest absolute Gasteiger partial charge is 0.464 e. The van der Waals surface area contributed by atoms with Gasteiger partial charge in [-0.3, -0.25) is 4.68 Å². The maximum atomic E-state index is 5.93. The van der Waals surface area contributed by atoms with Gasteiger partial charge < -0.3 is 9.73 Å². The lowest BCUT2D eigenvalue weighted by atomic mass is 10.1. The number of nitrogens with one attached hydrogen (secondary N) is 1. The molecule has 0 aliphatic carbocycles. The first-order valence-electron chi connectivity index (χ1n) is 7.64. The van der Waals surface area contributed by atoms with E-state index in [0.717, 1.165) is 47.6 Å². The number of nitrogens with zero attached hydrogens (tertiary/aromatic N) is 2. The van der Waals surface area contributed by atoms with Crippen molar-refractivity contribution in [1.29, 1.82) is 0 Å². The van der Waals surface area contributed by atoms with E-state index >= 15 is 0 Å².